The van der Waals surface area contributed by atoms with Gasteiger partial charge in [-0.05, 0) is 68.4 Å². The van der Waals surface area contributed by atoms with Crippen LogP contribution in [0.4, 0.5) is 11.4 Å². The van der Waals surface area contributed by atoms with Gasteiger partial charge in [-0.25, -0.2) is 4.99 Å². The van der Waals surface area contributed by atoms with Gasteiger partial charge in [0.1, 0.15) is 0 Å². The lowest BCUT2D eigenvalue weighted by molar-refractivity contribution is -0.121. The summed E-state index contributed by atoms with van der Waals surface area (Å²) in [7, 11) is 6.37. The average molecular weight is 610 g/mol. The van der Waals surface area contributed by atoms with Gasteiger partial charge in [-0.1, -0.05) is 97.4 Å². The van der Waals surface area contributed by atoms with Crippen molar-refractivity contribution in [3.8, 4) is 11.1 Å². The normalized spacial score (nSPS) is 14.0. The van der Waals surface area contributed by atoms with Gasteiger partial charge in [-0.3, -0.25) is 4.79 Å². The SMILES string of the molecule is CN(C)CCCCCN(C)C1=Nc2ccccc2C(CC(=O)NCc2ccccc2)N1c1ccc(-c2ccccc2)cc1.Cl. The maximum absolute atomic E-state index is 13.5. The average Bonchev–Trinajstić information content (AvgIpc) is 3.04. The minimum atomic E-state index is -0.196. The molecule has 0 spiro atoms. The van der Waals surface area contributed by atoms with Crippen molar-refractivity contribution < 1.29 is 4.79 Å². The third-order valence-corrected chi connectivity index (χ3v) is 7.95. The second-order valence-corrected chi connectivity index (χ2v) is 11.5. The zero-order chi connectivity index (χ0) is 30.0. The highest BCUT2D eigenvalue weighted by atomic mass is 35.5. The van der Waals surface area contributed by atoms with Gasteiger partial charge in [0, 0.05) is 31.4 Å². The summed E-state index contributed by atoms with van der Waals surface area (Å²) in [6.07, 6.45) is 3.72. The van der Waals surface area contributed by atoms with Crippen molar-refractivity contribution in [3.63, 3.8) is 0 Å². The van der Waals surface area contributed by atoms with Crippen molar-refractivity contribution in [1.29, 1.82) is 0 Å². The van der Waals surface area contributed by atoms with Crippen LogP contribution in [-0.2, 0) is 11.3 Å². The van der Waals surface area contributed by atoms with Crippen molar-refractivity contribution >= 4 is 35.6 Å². The summed E-state index contributed by atoms with van der Waals surface area (Å²) in [4.78, 5) is 25.4. The highest BCUT2D eigenvalue weighted by molar-refractivity contribution is 6.01. The lowest BCUT2D eigenvalue weighted by Crippen LogP contribution is -2.47. The number of hydrogen-bond donors (Lipinski definition) is 1. The molecule has 6 nitrogen and oxygen atoms in total. The Labute approximate surface area is 268 Å². The first-order valence-corrected chi connectivity index (χ1v) is 15.3. The first-order chi connectivity index (χ1) is 21.0. The minimum absolute atomic E-state index is 0. The number of halogens is 1. The number of guanidine groups is 1. The molecular weight excluding hydrogens is 566 g/mol. The predicted octanol–water partition coefficient (Wildman–Crippen LogP) is 7.69. The number of carbonyl (C=O) groups is 1. The summed E-state index contributed by atoms with van der Waals surface area (Å²) < 4.78 is 0. The van der Waals surface area contributed by atoms with E-state index in [4.69, 9.17) is 4.99 Å². The van der Waals surface area contributed by atoms with E-state index in [1.165, 1.54) is 12.0 Å². The standard InChI is InChI=1S/C37H43N5O.ClH/c1-40(2)25-13-6-14-26-41(3)37-39-34-20-12-11-19-33(34)35(27-36(43)38-28-29-15-7-4-8-16-29)42(37)32-23-21-31(22-24-32)30-17-9-5-10-18-30;/h4-5,7-12,15-24,35H,6,13-14,25-28H2,1-3H3,(H,38,43);1H. The van der Waals surface area contributed by atoms with Crippen molar-refractivity contribution in [2.45, 2.75) is 38.3 Å². The topological polar surface area (TPSA) is 51.2 Å². The van der Waals surface area contributed by atoms with E-state index < -0.39 is 0 Å². The summed E-state index contributed by atoms with van der Waals surface area (Å²) >= 11 is 0. The van der Waals surface area contributed by atoms with Crippen LogP contribution >= 0.6 is 12.4 Å². The Bertz CT molecular complexity index is 1490. The molecule has 0 saturated heterocycles. The molecule has 0 saturated carbocycles. The van der Waals surface area contributed by atoms with Crippen LogP contribution in [0.5, 0.6) is 0 Å². The fourth-order valence-electron chi connectivity index (χ4n) is 5.62. The molecule has 4 aromatic carbocycles. The Kier molecular flexibility index (Phi) is 12.0. The lowest BCUT2D eigenvalue weighted by atomic mass is 9.96. The van der Waals surface area contributed by atoms with Gasteiger partial charge in [0.2, 0.25) is 11.9 Å². The summed E-state index contributed by atoms with van der Waals surface area (Å²) in [6.45, 7) is 2.49. The smallest absolute Gasteiger partial charge is 0.222 e. The number of nitrogens with zero attached hydrogens (tertiary/aromatic N) is 4. The van der Waals surface area contributed by atoms with E-state index in [1.807, 2.05) is 48.5 Å². The first-order valence-electron chi connectivity index (χ1n) is 15.3. The molecular formula is C37H44ClN5O. The predicted molar refractivity (Wildman–Crippen MR) is 186 cm³/mol. The Hall–Kier alpha value is -4.13. The highest BCUT2D eigenvalue weighted by Gasteiger charge is 2.34. The van der Waals surface area contributed by atoms with Crippen molar-refractivity contribution in [2.24, 2.45) is 4.99 Å². The zero-order valence-electron chi connectivity index (χ0n) is 26.0. The van der Waals surface area contributed by atoms with Crippen LogP contribution in [0, 0.1) is 0 Å². The van der Waals surface area contributed by atoms with E-state index in [9.17, 15) is 4.79 Å². The third-order valence-electron chi connectivity index (χ3n) is 7.95. The van der Waals surface area contributed by atoms with E-state index in [1.54, 1.807) is 0 Å². The van der Waals surface area contributed by atoms with Gasteiger partial charge in [-0.2, -0.15) is 0 Å². The Morgan fingerprint density at radius 2 is 1.36 bits per heavy atom. The maximum atomic E-state index is 13.5. The fourth-order valence-corrected chi connectivity index (χ4v) is 5.62. The van der Waals surface area contributed by atoms with Gasteiger partial charge in [0.15, 0.2) is 0 Å². The summed E-state index contributed by atoms with van der Waals surface area (Å²) in [5.41, 5.74) is 6.44. The fraction of sp³-hybridized carbons (Fsp3) is 0.297. The molecule has 7 heteroatoms. The molecule has 0 aromatic heterocycles. The molecule has 0 aliphatic carbocycles. The van der Waals surface area contributed by atoms with Gasteiger partial charge in [0.25, 0.3) is 0 Å². The monoisotopic (exact) mass is 609 g/mol. The molecule has 0 radical (unpaired) electrons. The molecule has 1 heterocycles. The van der Waals surface area contributed by atoms with Crippen LogP contribution in [0.25, 0.3) is 11.1 Å². The Morgan fingerprint density at radius 3 is 2.07 bits per heavy atom. The number of benzene rings is 4. The largest absolute Gasteiger partial charge is 0.352 e. The van der Waals surface area contributed by atoms with Crippen LogP contribution in [0.15, 0.2) is 114 Å². The van der Waals surface area contributed by atoms with E-state index in [-0.39, 0.29) is 24.4 Å². The van der Waals surface area contributed by atoms with Crippen molar-refractivity contribution in [2.75, 3.05) is 39.1 Å². The van der Waals surface area contributed by atoms with E-state index in [0.717, 1.165) is 60.0 Å². The number of nitrogens with one attached hydrogen (secondary N) is 1. The molecule has 1 amide bonds. The van der Waals surface area contributed by atoms with E-state index in [0.29, 0.717) is 13.0 Å². The van der Waals surface area contributed by atoms with Gasteiger partial charge >= 0.3 is 0 Å². The van der Waals surface area contributed by atoms with Gasteiger partial charge in [-0.15, -0.1) is 12.4 Å². The summed E-state index contributed by atoms with van der Waals surface area (Å²) in [6, 6.07) is 37.2. The molecule has 1 aliphatic rings. The number of anilines is 1. The van der Waals surface area contributed by atoms with E-state index in [2.05, 4.69) is 102 Å². The molecule has 44 heavy (non-hydrogen) atoms. The van der Waals surface area contributed by atoms with Crippen molar-refractivity contribution in [3.05, 3.63) is 120 Å². The van der Waals surface area contributed by atoms with Gasteiger partial charge < -0.3 is 20.0 Å². The molecule has 0 bridgehead atoms. The van der Waals surface area contributed by atoms with E-state index >= 15 is 0 Å². The Balaban J connectivity index is 0.00000442. The van der Waals surface area contributed by atoms with Crippen LogP contribution < -0.4 is 10.2 Å². The van der Waals surface area contributed by atoms with Crippen LogP contribution in [0.2, 0.25) is 0 Å². The number of fused-ring (bicyclic) bond motifs is 1. The number of amides is 1. The number of aliphatic imine (C=N–C) groups is 1. The number of rotatable bonds is 12. The molecule has 230 valence electrons. The maximum Gasteiger partial charge on any atom is 0.222 e. The Morgan fingerprint density at radius 1 is 0.750 bits per heavy atom. The first kappa shape index (κ1) is 32.8. The molecule has 1 aliphatic heterocycles. The lowest BCUT2D eigenvalue weighted by Gasteiger charge is -2.41. The highest BCUT2D eigenvalue weighted by Crippen LogP contribution is 2.40. The second-order valence-electron chi connectivity index (χ2n) is 11.5. The number of unbranched alkanes of at least 4 members (excludes halogenated alkanes) is 2. The second kappa shape index (κ2) is 16.1. The number of hydrogen-bond acceptors (Lipinski definition) is 5. The third kappa shape index (κ3) is 8.49. The van der Waals surface area contributed by atoms with Crippen LogP contribution in [0.1, 0.15) is 42.9 Å². The van der Waals surface area contributed by atoms with Crippen LogP contribution in [0.3, 0.4) is 0 Å². The zero-order valence-corrected chi connectivity index (χ0v) is 26.8. The summed E-state index contributed by atoms with van der Waals surface area (Å²) in [5, 5.41) is 3.16. The van der Waals surface area contributed by atoms with Crippen molar-refractivity contribution in [1.82, 2.24) is 15.1 Å². The molecule has 0 fully saturated rings. The number of para-hydroxylation sites is 1. The molecule has 5 rings (SSSR count). The van der Waals surface area contributed by atoms with Gasteiger partial charge in [0.05, 0.1) is 18.2 Å². The quantitative estimate of drug-likeness (QED) is 0.167. The minimum Gasteiger partial charge on any atom is -0.352 e. The molecule has 1 N–H and O–H groups in total. The molecule has 1 unspecified atom stereocenters. The summed E-state index contributed by atoms with van der Waals surface area (Å²) in [5.74, 6) is 0.891. The molecule has 1 atom stereocenters. The number of carbonyl (C=O) groups excluding carboxylic acids is 1. The molecule has 4 aromatic rings. The van der Waals surface area contributed by atoms with Crippen LogP contribution in [-0.4, -0.2) is 55.9 Å².